The third-order valence-corrected chi connectivity index (χ3v) is 14.2. The molecule has 0 bridgehead atoms. The van der Waals surface area contributed by atoms with Gasteiger partial charge in [-0.25, -0.2) is 4.79 Å². The van der Waals surface area contributed by atoms with Crippen molar-refractivity contribution < 1.29 is 28.2 Å². The van der Waals surface area contributed by atoms with Gasteiger partial charge in [-0.05, 0) is 97.6 Å². The lowest BCUT2D eigenvalue weighted by Gasteiger charge is -2.43. The zero-order chi connectivity index (χ0) is 37.2. The summed E-state index contributed by atoms with van der Waals surface area (Å²) < 4.78 is 23.8. The molecule has 0 saturated heterocycles. The van der Waals surface area contributed by atoms with Crippen LogP contribution in [0.1, 0.15) is 72.0 Å². The molecule has 272 valence electrons. The van der Waals surface area contributed by atoms with E-state index in [0.29, 0.717) is 30.7 Å². The van der Waals surface area contributed by atoms with Crippen LogP contribution in [-0.2, 0) is 27.7 Å². The molecule has 0 fully saturated rings. The molecule has 0 radical (unpaired) electrons. The number of benzene rings is 4. The number of methoxy groups -OCH3 is 2. The van der Waals surface area contributed by atoms with Gasteiger partial charge in [-0.1, -0.05) is 81.4 Å². The highest BCUT2D eigenvalue weighted by Gasteiger charge is 2.41. The summed E-state index contributed by atoms with van der Waals surface area (Å²) in [6, 6.07) is 32.2. The molecule has 0 aliphatic rings. The molecule has 0 saturated carbocycles. The number of hydrogen-bond donors (Lipinski definition) is 2. The van der Waals surface area contributed by atoms with Gasteiger partial charge in [-0.15, -0.1) is 0 Å². The van der Waals surface area contributed by atoms with Crippen LogP contribution in [0.3, 0.4) is 0 Å². The van der Waals surface area contributed by atoms with Crippen molar-refractivity contribution in [3.05, 3.63) is 131 Å². The van der Waals surface area contributed by atoms with E-state index in [-0.39, 0.29) is 10.9 Å². The van der Waals surface area contributed by atoms with Gasteiger partial charge >= 0.3 is 5.97 Å². The minimum absolute atomic E-state index is 0.0812. The highest BCUT2D eigenvalue weighted by molar-refractivity contribution is 6.74. The molecular weight excluding hydrogens is 657 g/mol. The fourth-order valence-electron chi connectivity index (χ4n) is 5.48. The Kier molecular flexibility index (Phi) is 13.3. The molecule has 0 heterocycles. The normalized spacial score (nSPS) is 13.2. The first-order chi connectivity index (χ1) is 24.1. The average molecular weight is 711 g/mol. The van der Waals surface area contributed by atoms with Crippen LogP contribution in [0.4, 0.5) is 0 Å². The second-order valence-corrected chi connectivity index (χ2v) is 19.7. The number of hydrogen-bond acceptors (Lipinski definition) is 7. The maximum atomic E-state index is 14.0. The fraction of sp³-hybridized carbons (Fsp3) is 0.381. The number of carbonyl (C=O) groups excluding carboxylic acids is 2. The lowest BCUT2D eigenvalue weighted by Crippen LogP contribution is -2.57. The Bertz CT molecular complexity index is 1750. The smallest absolute Gasteiger partial charge is 0.337 e. The standard InChI is InChI=1S/C42H54N2O6Si/c1-41(2,3)51(8,9)50-38(28-43-42(4,5)34-21-15-22-35(27-34)47-6)37(44-39(45)32-19-14-20-33(26-32)40(46)48-7)25-31-18-13-23-36(24-31)49-29-30-16-11-10-12-17-30/h10-24,26-27,37-38,43H,25,28-29H2,1-9H3,(H,44,45)/t37-,38+/m0/s1. The molecule has 4 aromatic carbocycles. The maximum Gasteiger partial charge on any atom is 0.337 e. The first-order valence-corrected chi connectivity index (χ1v) is 20.3. The Morgan fingerprint density at radius 2 is 1.39 bits per heavy atom. The summed E-state index contributed by atoms with van der Waals surface area (Å²) in [4.78, 5) is 26.4. The van der Waals surface area contributed by atoms with Crippen LogP contribution < -0.4 is 20.1 Å². The van der Waals surface area contributed by atoms with Crippen LogP contribution in [0.5, 0.6) is 11.5 Å². The van der Waals surface area contributed by atoms with Crippen molar-refractivity contribution in [2.45, 2.75) is 83.5 Å². The number of amides is 1. The Hall–Kier alpha value is -4.44. The van der Waals surface area contributed by atoms with E-state index >= 15 is 0 Å². The summed E-state index contributed by atoms with van der Waals surface area (Å²) in [6.07, 6.45) is 0.0586. The predicted octanol–water partition coefficient (Wildman–Crippen LogP) is 8.32. The van der Waals surface area contributed by atoms with E-state index < -0.39 is 32.0 Å². The quantitative estimate of drug-likeness (QED) is 0.0892. The van der Waals surface area contributed by atoms with E-state index in [1.54, 1.807) is 31.4 Å². The molecule has 0 aliphatic carbocycles. The predicted molar refractivity (Wildman–Crippen MR) is 206 cm³/mol. The van der Waals surface area contributed by atoms with Crippen LogP contribution in [-0.4, -0.2) is 53.1 Å². The Morgan fingerprint density at radius 3 is 2.08 bits per heavy atom. The van der Waals surface area contributed by atoms with Gasteiger partial charge < -0.3 is 29.3 Å². The number of rotatable bonds is 16. The van der Waals surface area contributed by atoms with E-state index in [4.69, 9.17) is 18.6 Å². The second kappa shape index (κ2) is 17.2. The molecule has 8 nitrogen and oxygen atoms in total. The maximum absolute atomic E-state index is 14.0. The van der Waals surface area contributed by atoms with E-state index in [2.05, 4.69) is 64.4 Å². The number of carbonyl (C=O) groups is 2. The third kappa shape index (κ3) is 11.0. The highest BCUT2D eigenvalue weighted by Crippen LogP contribution is 2.38. The van der Waals surface area contributed by atoms with Gasteiger partial charge in [0.1, 0.15) is 18.1 Å². The number of esters is 1. The van der Waals surface area contributed by atoms with Gasteiger partial charge in [0.05, 0.1) is 31.9 Å². The van der Waals surface area contributed by atoms with Crippen molar-refractivity contribution in [1.29, 1.82) is 0 Å². The van der Waals surface area contributed by atoms with Crippen molar-refractivity contribution in [3.8, 4) is 11.5 Å². The lowest BCUT2D eigenvalue weighted by atomic mass is 9.93. The van der Waals surface area contributed by atoms with Crippen LogP contribution in [0.15, 0.2) is 103 Å². The van der Waals surface area contributed by atoms with Gasteiger partial charge in [-0.2, -0.15) is 0 Å². The summed E-state index contributed by atoms with van der Waals surface area (Å²) in [5.41, 5.74) is 3.36. The highest BCUT2D eigenvalue weighted by atomic mass is 28.4. The molecule has 0 aromatic heterocycles. The van der Waals surface area contributed by atoms with Crippen molar-refractivity contribution in [2.24, 2.45) is 0 Å². The molecular formula is C42H54N2O6Si. The van der Waals surface area contributed by atoms with Gasteiger partial charge in [-0.3, -0.25) is 4.79 Å². The zero-order valence-electron chi connectivity index (χ0n) is 31.5. The zero-order valence-corrected chi connectivity index (χ0v) is 32.5. The monoisotopic (exact) mass is 710 g/mol. The van der Waals surface area contributed by atoms with Gasteiger partial charge in [0.2, 0.25) is 0 Å². The van der Waals surface area contributed by atoms with E-state index in [0.717, 1.165) is 28.2 Å². The first kappa shape index (κ1) is 39.3. The van der Waals surface area contributed by atoms with Gasteiger partial charge in [0.15, 0.2) is 8.32 Å². The van der Waals surface area contributed by atoms with Gasteiger partial charge in [0, 0.05) is 17.6 Å². The summed E-state index contributed by atoms with van der Waals surface area (Å²) in [5, 5.41) is 7.00. The minimum Gasteiger partial charge on any atom is -0.497 e. The minimum atomic E-state index is -2.36. The second-order valence-electron chi connectivity index (χ2n) is 14.9. The molecule has 2 atom stereocenters. The van der Waals surface area contributed by atoms with Crippen molar-refractivity contribution >= 4 is 20.2 Å². The molecule has 1 amide bonds. The van der Waals surface area contributed by atoms with Crippen molar-refractivity contribution in [3.63, 3.8) is 0 Å². The summed E-state index contributed by atoms with van der Waals surface area (Å²) >= 11 is 0. The molecule has 9 heteroatoms. The first-order valence-electron chi connectivity index (χ1n) is 17.4. The number of nitrogens with one attached hydrogen (secondary N) is 2. The summed E-state index contributed by atoms with van der Waals surface area (Å²) in [5.74, 6) is 0.714. The lowest BCUT2D eigenvalue weighted by molar-refractivity contribution is 0.0600. The molecule has 4 rings (SSSR count). The van der Waals surface area contributed by atoms with E-state index in [1.807, 2.05) is 72.8 Å². The Morgan fingerprint density at radius 1 is 0.745 bits per heavy atom. The largest absolute Gasteiger partial charge is 0.497 e. The van der Waals surface area contributed by atoms with E-state index in [9.17, 15) is 9.59 Å². The fourth-order valence-corrected chi connectivity index (χ4v) is 6.84. The van der Waals surface area contributed by atoms with Crippen molar-refractivity contribution in [1.82, 2.24) is 10.6 Å². The summed E-state index contributed by atoms with van der Waals surface area (Å²) in [6.45, 7) is 16.2. The van der Waals surface area contributed by atoms with E-state index in [1.165, 1.54) is 7.11 Å². The van der Waals surface area contributed by atoms with Crippen LogP contribution in [0.25, 0.3) is 0 Å². The Balaban J connectivity index is 1.70. The molecule has 4 aromatic rings. The van der Waals surface area contributed by atoms with Crippen molar-refractivity contribution in [2.75, 3.05) is 20.8 Å². The average Bonchev–Trinajstić information content (AvgIpc) is 3.12. The topological polar surface area (TPSA) is 95.1 Å². The van der Waals surface area contributed by atoms with Crippen LogP contribution >= 0.6 is 0 Å². The summed E-state index contributed by atoms with van der Waals surface area (Å²) in [7, 11) is 0.634. The molecule has 51 heavy (non-hydrogen) atoms. The number of ether oxygens (including phenoxy) is 3. The molecule has 0 aliphatic heterocycles. The molecule has 0 spiro atoms. The van der Waals surface area contributed by atoms with Crippen LogP contribution in [0, 0.1) is 0 Å². The molecule has 0 unspecified atom stereocenters. The van der Waals surface area contributed by atoms with Crippen LogP contribution in [0.2, 0.25) is 18.1 Å². The van der Waals surface area contributed by atoms with Gasteiger partial charge in [0.25, 0.3) is 5.91 Å². The SMILES string of the molecule is COC(=O)c1cccc(C(=O)N[C@@H](Cc2cccc(OCc3ccccc3)c2)[C@@H](CNC(C)(C)c2cccc(OC)c2)O[Si](C)(C)C(C)(C)C)c1. The Labute approximate surface area is 305 Å². The third-order valence-electron chi connectivity index (χ3n) is 9.70. The molecule has 2 N–H and O–H groups in total.